The summed E-state index contributed by atoms with van der Waals surface area (Å²) in [6, 6.07) is 0.537. The molecule has 1 aromatic heterocycles. The number of carbonyl (C=O) groups is 1. The van der Waals surface area contributed by atoms with E-state index in [9.17, 15) is 4.79 Å². The van der Waals surface area contributed by atoms with Gasteiger partial charge in [0.1, 0.15) is 6.61 Å². The first-order chi connectivity index (χ1) is 13.0. The molecule has 7 heteroatoms. The zero-order valence-corrected chi connectivity index (χ0v) is 17.2. The van der Waals surface area contributed by atoms with Gasteiger partial charge in [-0.2, -0.15) is 5.10 Å². The number of rotatable bonds is 7. The van der Waals surface area contributed by atoms with Crippen LogP contribution in [0, 0.1) is 13.8 Å². The van der Waals surface area contributed by atoms with Crippen molar-refractivity contribution in [1.82, 2.24) is 19.6 Å². The van der Waals surface area contributed by atoms with Crippen LogP contribution in [-0.2, 0) is 27.4 Å². The molecule has 27 heavy (non-hydrogen) atoms. The van der Waals surface area contributed by atoms with Gasteiger partial charge >= 0.3 is 0 Å². The predicted octanol–water partition coefficient (Wildman–Crippen LogP) is 1.75. The summed E-state index contributed by atoms with van der Waals surface area (Å²) >= 11 is 0. The van der Waals surface area contributed by atoms with Crippen LogP contribution in [0.15, 0.2) is 0 Å². The molecule has 0 saturated carbocycles. The molecule has 2 aliphatic rings. The van der Waals surface area contributed by atoms with E-state index in [1.807, 2.05) is 0 Å². The summed E-state index contributed by atoms with van der Waals surface area (Å²) in [6.07, 6.45) is 2.87. The summed E-state index contributed by atoms with van der Waals surface area (Å²) in [6.45, 7) is 11.8. The summed E-state index contributed by atoms with van der Waals surface area (Å²) in [5.41, 5.74) is 3.71. The second-order valence-corrected chi connectivity index (χ2v) is 7.72. The number of hydrogen-bond acceptors (Lipinski definition) is 5. The average Bonchev–Trinajstić information content (AvgIpc) is 3.23. The van der Waals surface area contributed by atoms with Gasteiger partial charge < -0.3 is 14.4 Å². The number of aryl methyl sites for hydroxylation is 2. The molecule has 0 N–H and O–H groups in total. The van der Waals surface area contributed by atoms with Gasteiger partial charge in [-0.15, -0.1) is 0 Å². The smallest absolute Gasteiger partial charge is 0.249 e. The third-order valence-corrected chi connectivity index (χ3v) is 5.99. The molecule has 3 rings (SSSR count). The zero-order valence-electron chi connectivity index (χ0n) is 17.2. The fourth-order valence-corrected chi connectivity index (χ4v) is 4.54. The van der Waals surface area contributed by atoms with Crippen molar-refractivity contribution in [2.24, 2.45) is 0 Å². The monoisotopic (exact) mass is 378 g/mol. The molecule has 2 saturated heterocycles. The molecule has 1 atom stereocenters. The Labute approximate surface area is 162 Å². The van der Waals surface area contributed by atoms with Crippen molar-refractivity contribution in [2.45, 2.75) is 65.2 Å². The second-order valence-electron chi connectivity index (χ2n) is 7.72. The van der Waals surface area contributed by atoms with E-state index in [1.165, 1.54) is 11.3 Å². The molecular weight excluding hydrogens is 344 g/mol. The highest BCUT2D eigenvalue weighted by molar-refractivity contribution is 5.78. The highest BCUT2D eigenvalue weighted by Gasteiger charge is 2.36. The van der Waals surface area contributed by atoms with Crippen molar-refractivity contribution >= 4 is 5.91 Å². The lowest BCUT2D eigenvalue weighted by atomic mass is 10.0. The lowest BCUT2D eigenvalue weighted by Crippen LogP contribution is -2.51. The van der Waals surface area contributed by atoms with E-state index in [0.717, 1.165) is 64.3 Å². The van der Waals surface area contributed by atoms with Crippen LogP contribution in [0.5, 0.6) is 0 Å². The molecule has 152 valence electrons. The fraction of sp³-hybridized carbons (Fsp3) is 0.800. The van der Waals surface area contributed by atoms with E-state index in [2.05, 4.69) is 40.4 Å². The summed E-state index contributed by atoms with van der Waals surface area (Å²) in [5, 5.41) is 4.65. The van der Waals surface area contributed by atoms with Gasteiger partial charge in [-0.05, 0) is 40.0 Å². The Morgan fingerprint density at radius 3 is 2.63 bits per heavy atom. The van der Waals surface area contributed by atoms with Crippen molar-refractivity contribution in [3.05, 3.63) is 17.0 Å². The van der Waals surface area contributed by atoms with Crippen LogP contribution in [0.2, 0.25) is 0 Å². The molecule has 7 nitrogen and oxygen atoms in total. The highest BCUT2D eigenvalue weighted by atomic mass is 16.5. The minimum atomic E-state index is 0.113. The number of hydrogen-bond donors (Lipinski definition) is 0. The van der Waals surface area contributed by atoms with E-state index in [4.69, 9.17) is 9.47 Å². The standard InChI is InChI=1S/C20H34N4O3/c1-5-23-16(3)19(15(2)21-23)13-22-9-6-18(12-22)24(20(25)14-26-4)17-7-10-27-11-8-17/h17-18H,5-14H2,1-4H3. The van der Waals surface area contributed by atoms with Crippen LogP contribution in [0.4, 0.5) is 0 Å². The largest absolute Gasteiger partial charge is 0.381 e. The number of amides is 1. The number of likely N-dealkylation sites (tertiary alicyclic amines) is 1. The Bertz CT molecular complexity index is 639. The Kier molecular flexibility index (Phi) is 6.89. The first-order valence-electron chi connectivity index (χ1n) is 10.2. The maximum atomic E-state index is 12.8. The third kappa shape index (κ3) is 4.52. The molecular formula is C20H34N4O3. The van der Waals surface area contributed by atoms with Crippen molar-refractivity contribution in [3.63, 3.8) is 0 Å². The van der Waals surface area contributed by atoms with E-state index in [-0.39, 0.29) is 24.6 Å². The minimum Gasteiger partial charge on any atom is -0.381 e. The van der Waals surface area contributed by atoms with Gasteiger partial charge in [0.05, 0.1) is 5.69 Å². The van der Waals surface area contributed by atoms with Gasteiger partial charge in [0.25, 0.3) is 0 Å². The molecule has 1 amide bonds. The maximum Gasteiger partial charge on any atom is 0.249 e. The van der Waals surface area contributed by atoms with E-state index in [0.29, 0.717) is 0 Å². The van der Waals surface area contributed by atoms with Gasteiger partial charge in [-0.1, -0.05) is 0 Å². The van der Waals surface area contributed by atoms with E-state index < -0.39 is 0 Å². The number of carbonyl (C=O) groups excluding carboxylic acids is 1. The maximum absolute atomic E-state index is 12.8. The van der Waals surface area contributed by atoms with Gasteiger partial charge in [-0.25, -0.2) is 0 Å². The normalized spacial score (nSPS) is 21.7. The Hall–Kier alpha value is -1.44. The summed E-state index contributed by atoms with van der Waals surface area (Å²) < 4.78 is 12.7. The Balaban J connectivity index is 1.68. The summed E-state index contributed by atoms with van der Waals surface area (Å²) in [4.78, 5) is 17.4. The Morgan fingerprint density at radius 2 is 2.00 bits per heavy atom. The number of methoxy groups -OCH3 is 1. The van der Waals surface area contributed by atoms with Gasteiger partial charge in [0.2, 0.25) is 5.91 Å². The summed E-state index contributed by atoms with van der Waals surface area (Å²) in [5.74, 6) is 0.113. The van der Waals surface area contributed by atoms with Crippen molar-refractivity contribution in [1.29, 1.82) is 0 Å². The SMILES string of the molecule is CCn1nc(C)c(CN2CCC(N(C(=O)COC)C3CCOCC3)C2)c1C. The molecule has 0 spiro atoms. The van der Waals surface area contributed by atoms with Crippen molar-refractivity contribution in [2.75, 3.05) is 40.0 Å². The van der Waals surface area contributed by atoms with Gasteiger partial charge in [-0.3, -0.25) is 14.4 Å². The zero-order chi connectivity index (χ0) is 19.4. The van der Waals surface area contributed by atoms with Crippen LogP contribution in [0.25, 0.3) is 0 Å². The lowest BCUT2D eigenvalue weighted by molar-refractivity contribution is -0.142. The van der Waals surface area contributed by atoms with E-state index in [1.54, 1.807) is 7.11 Å². The molecule has 0 radical (unpaired) electrons. The van der Waals surface area contributed by atoms with Crippen LogP contribution in [0.3, 0.4) is 0 Å². The highest BCUT2D eigenvalue weighted by Crippen LogP contribution is 2.26. The summed E-state index contributed by atoms with van der Waals surface area (Å²) in [7, 11) is 1.60. The van der Waals surface area contributed by atoms with Crippen molar-refractivity contribution < 1.29 is 14.3 Å². The average molecular weight is 379 g/mol. The molecule has 1 unspecified atom stereocenters. The number of ether oxygens (including phenoxy) is 2. The fourth-order valence-electron chi connectivity index (χ4n) is 4.54. The molecule has 1 aromatic rings. The molecule has 2 aliphatic heterocycles. The first-order valence-corrected chi connectivity index (χ1v) is 10.2. The molecule has 3 heterocycles. The van der Waals surface area contributed by atoms with Crippen LogP contribution in [-0.4, -0.2) is 77.6 Å². The van der Waals surface area contributed by atoms with Crippen LogP contribution in [0.1, 0.15) is 43.1 Å². The van der Waals surface area contributed by atoms with Crippen LogP contribution < -0.4 is 0 Å². The van der Waals surface area contributed by atoms with Gasteiger partial charge in [0.15, 0.2) is 0 Å². The van der Waals surface area contributed by atoms with Gasteiger partial charge in [0, 0.05) is 69.8 Å². The molecule has 0 bridgehead atoms. The second kappa shape index (κ2) is 9.17. The number of nitrogens with zero attached hydrogens (tertiary/aromatic N) is 4. The topological polar surface area (TPSA) is 59.8 Å². The molecule has 0 aliphatic carbocycles. The third-order valence-electron chi connectivity index (χ3n) is 5.99. The molecule has 2 fully saturated rings. The van der Waals surface area contributed by atoms with Crippen LogP contribution >= 0.6 is 0 Å². The van der Waals surface area contributed by atoms with Crippen molar-refractivity contribution in [3.8, 4) is 0 Å². The number of aromatic nitrogens is 2. The molecule has 0 aromatic carbocycles. The Morgan fingerprint density at radius 1 is 1.26 bits per heavy atom. The predicted molar refractivity (Wildman–Crippen MR) is 104 cm³/mol. The first kappa shape index (κ1) is 20.3. The minimum absolute atomic E-state index is 0.113. The quantitative estimate of drug-likeness (QED) is 0.723. The van der Waals surface area contributed by atoms with E-state index >= 15 is 0 Å². The lowest BCUT2D eigenvalue weighted by Gasteiger charge is -2.38.